The highest BCUT2D eigenvalue weighted by Gasteiger charge is 2.14. The molecule has 1 rings (SSSR count). The zero-order chi connectivity index (χ0) is 14.6. The van der Waals surface area contributed by atoms with Gasteiger partial charge in [-0.15, -0.1) is 0 Å². The van der Waals surface area contributed by atoms with Gasteiger partial charge in [0.05, 0.1) is 11.3 Å². The molecule has 0 aliphatic heterocycles. The van der Waals surface area contributed by atoms with Crippen molar-refractivity contribution in [3.8, 4) is 0 Å². The fourth-order valence-corrected chi connectivity index (χ4v) is 1.24. The smallest absolute Gasteiger partial charge is 0.250 e. The van der Waals surface area contributed by atoms with Gasteiger partial charge in [0.15, 0.2) is 0 Å². The molecule has 0 bridgehead atoms. The third kappa shape index (κ3) is 5.05. The van der Waals surface area contributed by atoms with Crippen LogP contribution in [0.4, 0.5) is 10.1 Å². The molecule has 0 saturated carbocycles. The Kier molecular flexibility index (Phi) is 4.61. The van der Waals surface area contributed by atoms with Crippen LogP contribution in [0.1, 0.15) is 31.1 Å². The van der Waals surface area contributed by atoms with Crippen LogP contribution in [-0.4, -0.2) is 24.0 Å². The van der Waals surface area contributed by atoms with Crippen LogP contribution in [0.5, 0.6) is 0 Å². The number of anilines is 1. The number of nitrogens with one attached hydrogen (secondary N) is 1. The largest absolute Gasteiger partial charge is 0.366 e. The highest BCUT2D eigenvalue weighted by molar-refractivity contribution is 5.96. The number of hydrogen-bond donors (Lipinski definition) is 2. The Morgan fingerprint density at radius 2 is 2.00 bits per heavy atom. The molecule has 2 amide bonds. The molecule has 1 aromatic carbocycles. The number of carbonyl (C=O) groups excluding carboxylic acids is 2. The number of halogens is 1. The second kappa shape index (κ2) is 5.79. The molecule has 5 nitrogen and oxygen atoms in total. The highest BCUT2D eigenvalue weighted by atomic mass is 19.1. The minimum absolute atomic E-state index is 0.0983. The molecule has 0 fully saturated rings. The summed E-state index contributed by atoms with van der Waals surface area (Å²) in [7, 11) is 0. The van der Waals surface area contributed by atoms with Crippen LogP contribution in [0.3, 0.4) is 0 Å². The van der Waals surface area contributed by atoms with Crippen LogP contribution in [0.15, 0.2) is 18.2 Å². The number of nitrogens with two attached hydrogens (primary N) is 1. The molecular weight excluding hydrogens is 251 g/mol. The number of benzene rings is 1. The standard InChI is InChI=1S/C13H17FN2O3/c1-13(2,3)19-7-11(17)16-10-6-8(12(15)18)4-5-9(10)14/h4-6H,7H2,1-3H3,(H2,15,18)(H,16,17). The average molecular weight is 268 g/mol. The molecule has 6 heteroatoms. The normalized spacial score (nSPS) is 11.2. The summed E-state index contributed by atoms with van der Waals surface area (Å²) in [4.78, 5) is 22.5. The van der Waals surface area contributed by atoms with Crippen LogP contribution in [0.2, 0.25) is 0 Å². The van der Waals surface area contributed by atoms with E-state index in [-0.39, 0.29) is 17.9 Å². The second-order valence-corrected chi connectivity index (χ2v) is 5.01. The summed E-state index contributed by atoms with van der Waals surface area (Å²) in [5, 5.41) is 2.33. The first-order chi connectivity index (χ1) is 8.69. The van der Waals surface area contributed by atoms with E-state index in [1.165, 1.54) is 12.1 Å². The Morgan fingerprint density at radius 3 is 2.53 bits per heavy atom. The van der Waals surface area contributed by atoms with Crippen molar-refractivity contribution in [3.63, 3.8) is 0 Å². The summed E-state index contributed by atoms with van der Waals surface area (Å²) in [6.07, 6.45) is 0. The Morgan fingerprint density at radius 1 is 1.37 bits per heavy atom. The molecule has 0 spiro atoms. The molecule has 0 aliphatic rings. The predicted octanol–water partition coefficient (Wildman–Crippen LogP) is 1.68. The van der Waals surface area contributed by atoms with Gasteiger partial charge >= 0.3 is 0 Å². The van der Waals surface area contributed by atoms with Gasteiger partial charge in [0.2, 0.25) is 11.8 Å². The van der Waals surface area contributed by atoms with E-state index in [2.05, 4.69) is 5.32 Å². The average Bonchev–Trinajstić information content (AvgIpc) is 2.28. The van der Waals surface area contributed by atoms with Gasteiger partial charge in [0.25, 0.3) is 0 Å². The van der Waals surface area contributed by atoms with Crippen LogP contribution in [-0.2, 0) is 9.53 Å². The minimum atomic E-state index is -0.693. The molecular formula is C13H17FN2O3. The molecule has 0 heterocycles. The lowest BCUT2D eigenvalue weighted by atomic mass is 10.2. The van der Waals surface area contributed by atoms with Crippen molar-refractivity contribution in [2.45, 2.75) is 26.4 Å². The number of ether oxygens (including phenoxy) is 1. The van der Waals surface area contributed by atoms with E-state index in [0.717, 1.165) is 6.07 Å². The van der Waals surface area contributed by atoms with E-state index >= 15 is 0 Å². The maximum absolute atomic E-state index is 13.5. The molecule has 0 aromatic heterocycles. The van der Waals surface area contributed by atoms with Crippen LogP contribution in [0.25, 0.3) is 0 Å². The van der Waals surface area contributed by atoms with E-state index < -0.39 is 23.2 Å². The highest BCUT2D eigenvalue weighted by Crippen LogP contribution is 2.16. The molecule has 3 N–H and O–H groups in total. The van der Waals surface area contributed by atoms with Gasteiger partial charge in [-0.25, -0.2) is 4.39 Å². The molecule has 104 valence electrons. The number of carbonyl (C=O) groups is 2. The lowest BCUT2D eigenvalue weighted by Crippen LogP contribution is -2.27. The van der Waals surface area contributed by atoms with E-state index in [1.807, 2.05) is 0 Å². The Hall–Kier alpha value is -1.95. The van der Waals surface area contributed by atoms with Gasteiger partial charge in [-0.2, -0.15) is 0 Å². The van der Waals surface area contributed by atoms with Crippen molar-refractivity contribution in [1.29, 1.82) is 0 Å². The van der Waals surface area contributed by atoms with Gasteiger partial charge in [0.1, 0.15) is 12.4 Å². The summed E-state index contributed by atoms with van der Waals surface area (Å²) >= 11 is 0. The van der Waals surface area contributed by atoms with Crippen molar-refractivity contribution in [1.82, 2.24) is 0 Å². The van der Waals surface area contributed by atoms with E-state index in [1.54, 1.807) is 20.8 Å². The minimum Gasteiger partial charge on any atom is -0.366 e. The monoisotopic (exact) mass is 268 g/mol. The Balaban J connectivity index is 2.73. The summed E-state index contributed by atoms with van der Waals surface area (Å²) < 4.78 is 18.7. The zero-order valence-corrected chi connectivity index (χ0v) is 11.1. The Bertz CT molecular complexity index is 495. The summed E-state index contributed by atoms with van der Waals surface area (Å²) in [5.41, 5.74) is 4.63. The number of primary amides is 1. The van der Waals surface area contributed by atoms with Crippen molar-refractivity contribution in [2.75, 3.05) is 11.9 Å². The third-order valence-corrected chi connectivity index (χ3v) is 2.16. The fraction of sp³-hybridized carbons (Fsp3) is 0.385. The molecule has 0 saturated heterocycles. The summed E-state index contributed by atoms with van der Waals surface area (Å²) in [6.45, 7) is 5.20. The molecule has 19 heavy (non-hydrogen) atoms. The van der Waals surface area contributed by atoms with Crippen molar-refractivity contribution >= 4 is 17.5 Å². The first-order valence-corrected chi connectivity index (χ1v) is 5.72. The van der Waals surface area contributed by atoms with Gasteiger partial charge in [0, 0.05) is 5.56 Å². The van der Waals surface area contributed by atoms with Gasteiger partial charge in [-0.1, -0.05) is 0 Å². The first kappa shape index (κ1) is 15.1. The Labute approximate surface area is 110 Å². The summed E-state index contributed by atoms with van der Waals surface area (Å²) in [6, 6.07) is 3.51. The van der Waals surface area contributed by atoms with E-state index in [9.17, 15) is 14.0 Å². The predicted molar refractivity (Wildman–Crippen MR) is 69.3 cm³/mol. The molecule has 0 unspecified atom stereocenters. The maximum atomic E-state index is 13.5. The fourth-order valence-electron chi connectivity index (χ4n) is 1.24. The van der Waals surface area contributed by atoms with Crippen molar-refractivity contribution in [3.05, 3.63) is 29.6 Å². The van der Waals surface area contributed by atoms with Crippen molar-refractivity contribution < 1.29 is 18.7 Å². The van der Waals surface area contributed by atoms with E-state index in [0.29, 0.717) is 0 Å². The van der Waals surface area contributed by atoms with Crippen LogP contribution in [0, 0.1) is 5.82 Å². The van der Waals surface area contributed by atoms with Crippen LogP contribution >= 0.6 is 0 Å². The molecule has 0 aliphatic carbocycles. The maximum Gasteiger partial charge on any atom is 0.250 e. The lowest BCUT2D eigenvalue weighted by molar-refractivity contribution is -0.125. The topological polar surface area (TPSA) is 81.4 Å². The van der Waals surface area contributed by atoms with E-state index in [4.69, 9.17) is 10.5 Å². The van der Waals surface area contributed by atoms with Gasteiger partial charge < -0.3 is 15.8 Å². The molecule has 0 atom stereocenters. The van der Waals surface area contributed by atoms with Gasteiger partial charge in [-0.05, 0) is 39.0 Å². The molecule has 1 aromatic rings. The van der Waals surface area contributed by atoms with Crippen LogP contribution < -0.4 is 11.1 Å². The number of rotatable bonds is 4. The summed E-state index contributed by atoms with van der Waals surface area (Å²) in [5.74, 6) is -1.84. The van der Waals surface area contributed by atoms with Crippen molar-refractivity contribution in [2.24, 2.45) is 5.73 Å². The molecule has 0 radical (unpaired) electrons. The zero-order valence-electron chi connectivity index (χ0n) is 11.1. The number of hydrogen-bond acceptors (Lipinski definition) is 3. The third-order valence-electron chi connectivity index (χ3n) is 2.16. The first-order valence-electron chi connectivity index (χ1n) is 5.72. The SMILES string of the molecule is CC(C)(C)OCC(=O)Nc1cc(C(N)=O)ccc1F. The lowest BCUT2D eigenvalue weighted by Gasteiger charge is -2.19. The quantitative estimate of drug-likeness (QED) is 0.871. The number of amides is 2. The van der Waals surface area contributed by atoms with Gasteiger partial charge in [-0.3, -0.25) is 9.59 Å². The second-order valence-electron chi connectivity index (χ2n) is 5.01.